The fraction of sp³-hybridized carbons (Fsp3) is 0. The molecule has 0 amide bonds. The Labute approximate surface area is 277 Å². The lowest BCUT2D eigenvalue weighted by molar-refractivity contribution is 0.584. The molecule has 0 radical (unpaired) electrons. The van der Waals surface area contributed by atoms with Crippen molar-refractivity contribution in [1.29, 1.82) is 0 Å². The third kappa shape index (κ3) is 3.55. The minimum atomic E-state index is 0.494. The van der Waals surface area contributed by atoms with E-state index in [2.05, 4.69) is 152 Å². The first-order valence-electron chi connectivity index (χ1n) is 16.0. The van der Waals surface area contributed by atoms with Gasteiger partial charge in [0.1, 0.15) is 4.83 Å². The molecular formula is C42H24N4OS. The summed E-state index contributed by atoms with van der Waals surface area (Å²) in [5.41, 5.74) is 10.0. The molecule has 224 valence electrons. The third-order valence-corrected chi connectivity index (χ3v) is 10.6. The number of hydrogen-bond acceptors (Lipinski definition) is 4. The first-order valence-corrected chi connectivity index (χ1v) is 16.9. The first-order chi connectivity index (χ1) is 23.8. The Hall–Kier alpha value is -6.24. The Kier molecular flexibility index (Phi) is 5.20. The van der Waals surface area contributed by atoms with E-state index in [0.717, 1.165) is 33.4 Å². The van der Waals surface area contributed by atoms with E-state index < -0.39 is 0 Å². The lowest BCUT2D eigenvalue weighted by Gasteiger charge is -2.08. The van der Waals surface area contributed by atoms with Gasteiger partial charge in [-0.3, -0.25) is 4.40 Å². The molecule has 0 saturated heterocycles. The van der Waals surface area contributed by atoms with E-state index in [1.54, 1.807) is 11.3 Å². The summed E-state index contributed by atoms with van der Waals surface area (Å²) in [5, 5.41) is 18.7. The Bertz CT molecular complexity index is 2960. The van der Waals surface area contributed by atoms with Crippen LogP contribution in [0.15, 0.2) is 149 Å². The zero-order chi connectivity index (χ0) is 31.3. The summed E-state index contributed by atoms with van der Waals surface area (Å²) >= 11 is 1.80. The largest absolute Gasteiger partial charge is 0.416 e. The molecule has 0 atom stereocenters. The molecule has 11 aromatic rings. The standard InChI is InChI=1S/C42H24N4OS/c1-4-13-36-30(10-1)31-11-2-5-14-37(31)45(36)29-9-7-8-27(22-29)41-44-43-40(47-41)26-18-16-25(17-19-26)28-23-34-32-12-3-6-15-38(32)46-39(34)35(24-28)33-20-21-48-42(33)46/h1-24H. The van der Waals surface area contributed by atoms with Crippen molar-refractivity contribution in [2.24, 2.45) is 0 Å². The van der Waals surface area contributed by atoms with Crippen LogP contribution < -0.4 is 0 Å². The summed E-state index contributed by atoms with van der Waals surface area (Å²) in [4.78, 5) is 1.30. The van der Waals surface area contributed by atoms with Crippen molar-refractivity contribution in [2.45, 2.75) is 0 Å². The molecule has 6 aromatic carbocycles. The van der Waals surface area contributed by atoms with Gasteiger partial charge in [0.15, 0.2) is 0 Å². The summed E-state index contributed by atoms with van der Waals surface area (Å²) in [6, 6.07) is 49.4. The van der Waals surface area contributed by atoms with E-state index in [9.17, 15) is 0 Å². The van der Waals surface area contributed by atoms with Crippen LogP contribution in [0.3, 0.4) is 0 Å². The second-order valence-corrected chi connectivity index (χ2v) is 13.2. The van der Waals surface area contributed by atoms with Crippen LogP contribution in [0, 0.1) is 0 Å². The van der Waals surface area contributed by atoms with Crippen molar-refractivity contribution in [3.63, 3.8) is 0 Å². The maximum atomic E-state index is 6.28. The van der Waals surface area contributed by atoms with Gasteiger partial charge >= 0.3 is 0 Å². The van der Waals surface area contributed by atoms with Crippen LogP contribution in [-0.2, 0) is 0 Å². The highest BCUT2D eigenvalue weighted by molar-refractivity contribution is 7.17. The molecule has 0 saturated carbocycles. The van der Waals surface area contributed by atoms with Gasteiger partial charge in [0, 0.05) is 49.1 Å². The minimum Gasteiger partial charge on any atom is -0.416 e. The van der Waals surface area contributed by atoms with Crippen molar-refractivity contribution in [1.82, 2.24) is 19.2 Å². The van der Waals surface area contributed by atoms with Crippen LogP contribution >= 0.6 is 11.3 Å². The average Bonchev–Trinajstić information content (AvgIpc) is 3.97. The van der Waals surface area contributed by atoms with Gasteiger partial charge in [-0.05, 0) is 83.2 Å². The maximum Gasteiger partial charge on any atom is 0.248 e. The molecule has 6 heteroatoms. The molecule has 0 N–H and O–H groups in total. The van der Waals surface area contributed by atoms with Gasteiger partial charge in [-0.1, -0.05) is 72.8 Å². The molecule has 5 nitrogen and oxygen atoms in total. The van der Waals surface area contributed by atoms with E-state index in [0.29, 0.717) is 11.8 Å². The van der Waals surface area contributed by atoms with E-state index in [4.69, 9.17) is 4.42 Å². The highest BCUT2D eigenvalue weighted by Gasteiger charge is 2.20. The molecule has 0 aliphatic heterocycles. The average molecular weight is 633 g/mol. The van der Waals surface area contributed by atoms with Gasteiger partial charge < -0.3 is 8.98 Å². The second-order valence-electron chi connectivity index (χ2n) is 12.3. The molecule has 0 unspecified atom stereocenters. The van der Waals surface area contributed by atoms with Gasteiger partial charge in [-0.15, -0.1) is 21.5 Å². The zero-order valence-corrected chi connectivity index (χ0v) is 26.3. The Morgan fingerprint density at radius 1 is 0.458 bits per heavy atom. The highest BCUT2D eigenvalue weighted by Crippen LogP contribution is 2.43. The summed E-state index contributed by atoms with van der Waals surface area (Å²) in [5.74, 6) is 0.993. The Morgan fingerprint density at radius 2 is 1.06 bits per heavy atom. The third-order valence-electron chi connectivity index (χ3n) is 9.73. The molecule has 0 fully saturated rings. The maximum absolute atomic E-state index is 6.28. The second kappa shape index (κ2) is 9.64. The molecule has 5 heterocycles. The predicted octanol–water partition coefficient (Wildman–Crippen LogP) is 11.4. The van der Waals surface area contributed by atoms with Crippen molar-refractivity contribution in [3.8, 4) is 39.7 Å². The van der Waals surface area contributed by atoms with Gasteiger partial charge in [-0.25, -0.2) is 0 Å². The lowest BCUT2D eigenvalue weighted by atomic mass is 9.99. The van der Waals surface area contributed by atoms with E-state index in [1.807, 2.05) is 12.1 Å². The number of thiophene rings is 1. The molecule has 48 heavy (non-hydrogen) atoms. The topological polar surface area (TPSA) is 48.3 Å². The summed E-state index contributed by atoms with van der Waals surface area (Å²) in [6.45, 7) is 0. The number of nitrogens with zero attached hydrogens (tertiary/aromatic N) is 4. The molecule has 11 rings (SSSR count). The summed E-state index contributed by atoms with van der Waals surface area (Å²) in [6.07, 6.45) is 0. The Morgan fingerprint density at radius 3 is 1.79 bits per heavy atom. The number of benzene rings is 6. The highest BCUT2D eigenvalue weighted by atomic mass is 32.1. The van der Waals surface area contributed by atoms with Gasteiger partial charge in [0.25, 0.3) is 0 Å². The number of rotatable bonds is 4. The fourth-order valence-corrected chi connectivity index (χ4v) is 8.53. The number of aromatic nitrogens is 4. The van der Waals surface area contributed by atoms with E-state index in [-0.39, 0.29) is 0 Å². The summed E-state index contributed by atoms with van der Waals surface area (Å²) < 4.78 is 11.0. The monoisotopic (exact) mass is 632 g/mol. The molecule has 0 spiro atoms. The first kappa shape index (κ1) is 25.9. The van der Waals surface area contributed by atoms with Gasteiger partial charge in [0.2, 0.25) is 11.8 Å². The molecule has 0 aliphatic carbocycles. The quantitative estimate of drug-likeness (QED) is 0.194. The zero-order valence-electron chi connectivity index (χ0n) is 25.5. The van der Waals surface area contributed by atoms with E-state index in [1.165, 1.54) is 53.7 Å². The molecule has 0 aliphatic rings. The van der Waals surface area contributed by atoms with Crippen LogP contribution in [0.4, 0.5) is 0 Å². The van der Waals surface area contributed by atoms with E-state index >= 15 is 0 Å². The van der Waals surface area contributed by atoms with Crippen LogP contribution in [0.5, 0.6) is 0 Å². The number of para-hydroxylation sites is 3. The van der Waals surface area contributed by atoms with Crippen LogP contribution in [0.1, 0.15) is 0 Å². The molecule has 0 bridgehead atoms. The fourth-order valence-electron chi connectivity index (χ4n) is 7.60. The van der Waals surface area contributed by atoms with Crippen LogP contribution in [0.2, 0.25) is 0 Å². The molecular weight excluding hydrogens is 609 g/mol. The predicted molar refractivity (Wildman–Crippen MR) is 197 cm³/mol. The van der Waals surface area contributed by atoms with Gasteiger partial charge in [-0.2, -0.15) is 0 Å². The van der Waals surface area contributed by atoms with Crippen LogP contribution in [-0.4, -0.2) is 19.2 Å². The lowest BCUT2D eigenvalue weighted by Crippen LogP contribution is -1.94. The smallest absolute Gasteiger partial charge is 0.248 e. The van der Waals surface area contributed by atoms with Crippen LogP contribution in [0.25, 0.3) is 98.9 Å². The van der Waals surface area contributed by atoms with Crippen molar-refractivity contribution < 1.29 is 4.42 Å². The van der Waals surface area contributed by atoms with Crippen molar-refractivity contribution in [3.05, 3.63) is 145 Å². The van der Waals surface area contributed by atoms with Crippen molar-refractivity contribution in [2.75, 3.05) is 0 Å². The van der Waals surface area contributed by atoms with Crippen molar-refractivity contribution >= 4 is 70.6 Å². The van der Waals surface area contributed by atoms with Gasteiger partial charge in [0.05, 0.1) is 22.1 Å². The number of hydrogen-bond donors (Lipinski definition) is 0. The SMILES string of the molecule is c1cc(-c2nnc(-c3ccc(-c4cc5c6ccccc6n6c7sccc7c(c4)c56)cc3)o2)cc(-n2c3ccccc3c3ccccc32)c1. The molecule has 5 aromatic heterocycles. The Balaban J connectivity index is 0.965. The normalized spacial score (nSPS) is 12.2. The minimum absolute atomic E-state index is 0.494. The number of fused-ring (bicyclic) bond motifs is 9. The summed E-state index contributed by atoms with van der Waals surface area (Å²) in [7, 11) is 0.